The molecule has 2 aromatic rings. The van der Waals surface area contributed by atoms with Crippen molar-refractivity contribution in [2.75, 3.05) is 6.54 Å². The fourth-order valence-electron chi connectivity index (χ4n) is 2.36. The number of pyridine rings is 1. The summed E-state index contributed by atoms with van der Waals surface area (Å²) in [5.74, 6) is 0.245. The van der Waals surface area contributed by atoms with Crippen LogP contribution in [0.25, 0.3) is 0 Å². The van der Waals surface area contributed by atoms with Crippen molar-refractivity contribution >= 4 is 17.2 Å². The number of hydrogen-bond acceptors (Lipinski definition) is 3. The molecule has 2 aromatic heterocycles. The third kappa shape index (κ3) is 4.79. The number of rotatable bonds is 7. The Morgan fingerprint density at radius 1 is 1.35 bits per heavy atom. The molecule has 0 saturated carbocycles. The van der Waals surface area contributed by atoms with Crippen LogP contribution in [0, 0.1) is 12.8 Å². The van der Waals surface area contributed by atoms with Crippen molar-refractivity contribution in [3.63, 3.8) is 0 Å². The Morgan fingerprint density at radius 3 is 2.78 bits per heavy atom. The van der Waals surface area contributed by atoms with Gasteiger partial charge in [0.15, 0.2) is 0 Å². The predicted octanol–water partition coefficient (Wildman–Crippen LogP) is 3.24. The molecule has 0 bridgehead atoms. The Hall–Kier alpha value is -1.88. The normalized spacial score (nSPS) is 11.0. The molecule has 4 nitrogen and oxygen atoms in total. The Morgan fingerprint density at radius 2 is 2.13 bits per heavy atom. The molecule has 0 fully saturated rings. The van der Waals surface area contributed by atoms with Crippen LogP contribution in [0.15, 0.2) is 34.6 Å². The first-order valence-corrected chi connectivity index (χ1v) is 8.87. The van der Waals surface area contributed by atoms with Gasteiger partial charge in [-0.1, -0.05) is 19.9 Å². The van der Waals surface area contributed by atoms with Gasteiger partial charge in [0.1, 0.15) is 5.56 Å². The highest BCUT2D eigenvalue weighted by molar-refractivity contribution is 7.09. The Balaban J connectivity index is 2.06. The molecule has 0 spiro atoms. The van der Waals surface area contributed by atoms with Gasteiger partial charge in [0, 0.05) is 24.2 Å². The molecule has 0 atom stereocenters. The van der Waals surface area contributed by atoms with E-state index in [0.29, 0.717) is 19.0 Å². The molecule has 2 rings (SSSR count). The number of amides is 1. The van der Waals surface area contributed by atoms with E-state index in [0.717, 1.165) is 18.4 Å². The Kier molecular flexibility index (Phi) is 6.16. The summed E-state index contributed by atoms with van der Waals surface area (Å²) in [6.07, 6.45) is 3.49. The lowest BCUT2D eigenvalue weighted by Gasteiger charge is -2.12. The maximum absolute atomic E-state index is 12.5. The zero-order chi connectivity index (χ0) is 16.8. The van der Waals surface area contributed by atoms with Crippen molar-refractivity contribution in [3.05, 3.63) is 56.1 Å². The van der Waals surface area contributed by atoms with E-state index in [1.54, 1.807) is 22.1 Å². The van der Waals surface area contributed by atoms with E-state index in [4.69, 9.17) is 0 Å². The summed E-state index contributed by atoms with van der Waals surface area (Å²) in [6, 6.07) is 5.88. The van der Waals surface area contributed by atoms with Gasteiger partial charge in [-0.05, 0) is 48.8 Å². The number of nitrogens with one attached hydrogen (secondary N) is 1. The monoisotopic (exact) mass is 332 g/mol. The summed E-state index contributed by atoms with van der Waals surface area (Å²) in [6.45, 7) is 7.24. The summed E-state index contributed by atoms with van der Waals surface area (Å²) in [5, 5.41) is 4.89. The average molecular weight is 332 g/mol. The number of hydrogen-bond donors (Lipinski definition) is 1. The first kappa shape index (κ1) is 17.5. The number of nitrogens with zero attached hydrogens (tertiary/aromatic N) is 1. The van der Waals surface area contributed by atoms with E-state index >= 15 is 0 Å². The van der Waals surface area contributed by atoms with Crippen LogP contribution >= 0.6 is 11.3 Å². The SMILES string of the molecule is Cc1ccn(CCC(C)C)c(=O)c1C(=O)NCCc1cccs1. The van der Waals surface area contributed by atoms with Crippen LogP contribution in [0.5, 0.6) is 0 Å². The van der Waals surface area contributed by atoms with Crippen molar-refractivity contribution < 1.29 is 4.79 Å². The highest BCUT2D eigenvalue weighted by atomic mass is 32.1. The van der Waals surface area contributed by atoms with Crippen LogP contribution in [0.3, 0.4) is 0 Å². The first-order valence-electron chi connectivity index (χ1n) is 7.99. The van der Waals surface area contributed by atoms with Crippen molar-refractivity contribution in [2.24, 2.45) is 5.92 Å². The summed E-state index contributed by atoms with van der Waals surface area (Å²) < 4.78 is 1.64. The van der Waals surface area contributed by atoms with E-state index in [9.17, 15) is 9.59 Å². The van der Waals surface area contributed by atoms with Crippen LogP contribution < -0.4 is 10.9 Å². The van der Waals surface area contributed by atoms with Gasteiger partial charge >= 0.3 is 0 Å². The first-order chi connectivity index (χ1) is 11.0. The number of carbonyl (C=O) groups excluding carboxylic acids is 1. The third-order valence-electron chi connectivity index (χ3n) is 3.79. The zero-order valence-corrected chi connectivity index (χ0v) is 14.8. The summed E-state index contributed by atoms with van der Waals surface area (Å²) >= 11 is 1.67. The van der Waals surface area contributed by atoms with E-state index in [2.05, 4.69) is 19.2 Å². The van der Waals surface area contributed by atoms with Gasteiger partial charge in [0.05, 0.1) is 0 Å². The minimum atomic E-state index is -0.275. The summed E-state index contributed by atoms with van der Waals surface area (Å²) in [7, 11) is 0. The molecular formula is C18H24N2O2S. The van der Waals surface area contributed by atoms with Crippen LogP contribution in [0.1, 0.15) is 41.1 Å². The second-order valence-corrected chi connectivity index (χ2v) is 7.17. The number of carbonyl (C=O) groups is 1. The standard InChI is InChI=1S/C18H24N2O2S/c1-13(2)7-10-20-11-8-14(3)16(18(20)22)17(21)19-9-6-15-5-4-12-23-15/h4-5,8,11-13H,6-7,9-10H2,1-3H3,(H,19,21). The van der Waals surface area contributed by atoms with Gasteiger partial charge in [-0.2, -0.15) is 0 Å². The third-order valence-corrected chi connectivity index (χ3v) is 4.72. The van der Waals surface area contributed by atoms with Crippen molar-refractivity contribution in [2.45, 2.75) is 40.2 Å². The summed E-state index contributed by atoms with van der Waals surface area (Å²) in [5.41, 5.74) is 0.797. The molecule has 0 aliphatic rings. The highest BCUT2D eigenvalue weighted by Gasteiger charge is 2.15. The largest absolute Gasteiger partial charge is 0.351 e. The second-order valence-electron chi connectivity index (χ2n) is 6.14. The van der Waals surface area contributed by atoms with Crippen molar-refractivity contribution in [1.29, 1.82) is 0 Å². The molecule has 0 saturated heterocycles. The molecule has 2 heterocycles. The highest BCUT2D eigenvalue weighted by Crippen LogP contribution is 2.09. The lowest BCUT2D eigenvalue weighted by molar-refractivity contribution is 0.0951. The van der Waals surface area contributed by atoms with Gasteiger partial charge < -0.3 is 9.88 Å². The lowest BCUT2D eigenvalue weighted by atomic mass is 10.1. The van der Waals surface area contributed by atoms with E-state index in [-0.39, 0.29) is 17.0 Å². The molecule has 1 N–H and O–H groups in total. The number of thiophene rings is 1. The predicted molar refractivity (Wildman–Crippen MR) is 95.3 cm³/mol. The number of aromatic nitrogens is 1. The topological polar surface area (TPSA) is 51.1 Å². The van der Waals surface area contributed by atoms with Crippen molar-refractivity contribution in [3.8, 4) is 0 Å². The molecule has 0 aliphatic carbocycles. The van der Waals surface area contributed by atoms with Crippen molar-refractivity contribution in [1.82, 2.24) is 9.88 Å². The van der Waals surface area contributed by atoms with Gasteiger partial charge in [-0.3, -0.25) is 9.59 Å². The summed E-state index contributed by atoms with van der Waals surface area (Å²) in [4.78, 5) is 26.2. The minimum absolute atomic E-state index is 0.195. The van der Waals surface area contributed by atoms with Crippen LogP contribution in [-0.4, -0.2) is 17.0 Å². The van der Waals surface area contributed by atoms with Gasteiger partial charge in [0.2, 0.25) is 0 Å². The van der Waals surface area contributed by atoms with Gasteiger partial charge in [-0.15, -0.1) is 11.3 Å². The lowest BCUT2D eigenvalue weighted by Crippen LogP contribution is -2.35. The molecule has 0 aliphatic heterocycles. The molecule has 0 radical (unpaired) electrons. The quantitative estimate of drug-likeness (QED) is 0.846. The average Bonchev–Trinajstić information content (AvgIpc) is 2.99. The van der Waals surface area contributed by atoms with Gasteiger partial charge in [0.25, 0.3) is 11.5 Å². The van der Waals surface area contributed by atoms with E-state index < -0.39 is 0 Å². The minimum Gasteiger partial charge on any atom is -0.351 e. The maximum atomic E-state index is 12.5. The molecule has 5 heteroatoms. The molecule has 23 heavy (non-hydrogen) atoms. The van der Waals surface area contributed by atoms with Crippen LogP contribution in [-0.2, 0) is 13.0 Å². The fourth-order valence-corrected chi connectivity index (χ4v) is 3.07. The fraction of sp³-hybridized carbons (Fsp3) is 0.444. The van der Waals surface area contributed by atoms with E-state index in [1.165, 1.54) is 4.88 Å². The number of aryl methyl sites for hydroxylation is 2. The molecule has 124 valence electrons. The van der Waals surface area contributed by atoms with E-state index in [1.807, 2.05) is 30.5 Å². The molecular weight excluding hydrogens is 308 g/mol. The zero-order valence-electron chi connectivity index (χ0n) is 14.0. The molecule has 0 unspecified atom stereocenters. The van der Waals surface area contributed by atoms with Gasteiger partial charge in [-0.25, -0.2) is 0 Å². The maximum Gasteiger partial charge on any atom is 0.263 e. The Bertz CT molecular complexity index is 702. The van der Waals surface area contributed by atoms with Crippen LogP contribution in [0.2, 0.25) is 0 Å². The Labute approximate surface area is 141 Å². The smallest absolute Gasteiger partial charge is 0.263 e. The van der Waals surface area contributed by atoms with Crippen LogP contribution in [0.4, 0.5) is 0 Å². The molecule has 1 amide bonds. The second kappa shape index (κ2) is 8.11. The molecule has 0 aromatic carbocycles.